The number of hydrogen-bond acceptors (Lipinski definition) is 7. The van der Waals surface area contributed by atoms with Crippen molar-refractivity contribution in [2.45, 2.75) is 56.7 Å². The zero-order chi connectivity index (χ0) is 31.4. The number of alkyl carbamates (subject to hydrolysis) is 1. The second-order valence-corrected chi connectivity index (χ2v) is 13.4. The second kappa shape index (κ2) is 14.3. The van der Waals surface area contributed by atoms with Crippen molar-refractivity contribution in [3.63, 3.8) is 0 Å². The summed E-state index contributed by atoms with van der Waals surface area (Å²) in [5, 5.41) is 5.72. The highest BCUT2D eigenvalue weighted by molar-refractivity contribution is 9.11. The Kier molecular flexibility index (Phi) is 10.5. The lowest BCUT2D eigenvalue weighted by Gasteiger charge is -2.39. The number of amides is 4. The van der Waals surface area contributed by atoms with Crippen LogP contribution in [0.15, 0.2) is 45.3 Å². The van der Waals surface area contributed by atoms with Gasteiger partial charge in [-0.15, -0.1) is 0 Å². The maximum atomic E-state index is 13.8. The van der Waals surface area contributed by atoms with Crippen LogP contribution in [0.1, 0.15) is 48.0 Å². The highest BCUT2D eigenvalue weighted by Gasteiger charge is 2.35. The number of benzene rings is 2. The molecule has 1 atom stereocenters. The molecule has 0 aliphatic carbocycles. The number of carbonyl (C=O) groups is 4. The molecule has 2 saturated heterocycles. The van der Waals surface area contributed by atoms with Crippen molar-refractivity contribution in [3.05, 3.63) is 56.5 Å². The summed E-state index contributed by atoms with van der Waals surface area (Å²) in [6.45, 7) is 3.02. The molecule has 3 aliphatic rings. The number of urea groups is 1. The molecule has 13 heteroatoms. The first-order valence-corrected chi connectivity index (χ1v) is 16.6. The van der Waals surface area contributed by atoms with E-state index < -0.39 is 12.1 Å². The number of piperidine rings is 2. The van der Waals surface area contributed by atoms with Crippen molar-refractivity contribution in [1.29, 1.82) is 0 Å². The number of nitrogens with two attached hydrogens (primary N) is 1. The Labute approximate surface area is 274 Å². The summed E-state index contributed by atoms with van der Waals surface area (Å²) in [6, 6.07) is 9.75. The van der Waals surface area contributed by atoms with E-state index in [9.17, 15) is 19.2 Å². The lowest BCUT2D eigenvalue weighted by molar-refractivity contribution is -0.134. The van der Waals surface area contributed by atoms with Gasteiger partial charge in [-0.25, -0.2) is 9.59 Å². The van der Waals surface area contributed by atoms with Gasteiger partial charge in [0.25, 0.3) is 0 Å². The zero-order valence-corrected chi connectivity index (χ0v) is 27.9. The number of nitrogen functional groups attached to an aromatic ring is 1. The molecule has 3 aliphatic heterocycles. The molecule has 2 aromatic carbocycles. The van der Waals surface area contributed by atoms with Gasteiger partial charge in [0.15, 0.2) is 5.78 Å². The molecule has 2 fully saturated rings. The topological polar surface area (TPSA) is 137 Å². The molecule has 0 unspecified atom stereocenters. The van der Waals surface area contributed by atoms with Gasteiger partial charge in [-0.05, 0) is 94.8 Å². The lowest BCUT2D eigenvalue weighted by atomic mass is 9.99. The third kappa shape index (κ3) is 7.73. The van der Waals surface area contributed by atoms with E-state index in [2.05, 4.69) is 47.4 Å². The summed E-state index contributed by atoms with van der Waals surface area (Å²) in [7, 11) is 2.02. The third-order valence-electron chi connectivity index (χ3n) is 8.68. The van der Waals surface area contributed by atoms with E-state index in [-0.39, 0.29) is 36.3 Å². The number of hydrogen-bond donors (Lipinski definition) is 3. The Morgan fingerprint density at radius 3 is 2.36 bits per heavy atom. The van der Waals surface area contributed by atoms with Crippen LogP contribution >= 0.6 is 31.9 Å². The summed E-state index contributed by atoms with van der Waals surface area (Å²) >= 11 is 6.74. The standard InChI is InChI=1S/C31H38Br2N6O5/c1-37-11-9-22(10-12-37)44-31(43)36-26(18-27(40)20-16-23(32)28(34)24(33)17-20)29(41)38-13-7-21(8-14-38)39-15-6-19-4-2-3-5-25(19)35-30(39)42/h2-5,16-17,21-22,26H,6-15,18,34H2,1H3,(H,35,42)(H,36,43)/t26-/m1/s1. The van der Waals surface area contributed by atoms with Gasteiger partial charge in [0, 0.05) is 65.4 Å². The Hall–Kier alpha value is -3.16. The van der Waals surface area contributed by atoms with Gasteiger partial charge in [-0.1, -0.05) is 18.2 Å². The number of para-hydroxylation sites is 1. The summed E-state index contributed by atoms with van der Waals surface area (Å²) in [6.07, 6.45) is 2.15. The smallest absolute Gasteiger partial charge is 0.408 e. The van der Waals surface area contributed by atoms with Crippen LogP contribution in [0, 0.1) is 0 Å². The van der Waals surface area contributed by atoms with Gasteiger partial charge >= 0.3 is 12.1 Å². The van der Waals surface area contributed by atoms with Crippen molar-refractivity contribution in [3.8, 4) is 0 Å². The number of nitrogens with zero attached hydrogens (tertiary/aromatic N) is 3. The maximum Gasteiger partial charge on any atom is 0.408 e. The van der Waals surface area contributed by atoms with E-state index in [0.29, 0.717) is 65.5 Å². The molecular formula is C31H38Br2N6O5. The van der Waals surface area contributed by atoms with Crippen molar-refractivity contribution in [2.24, 2.45) is 0 Å². The van der Waals surface area contributed by atoms with Crippen LogP contribution < -0.4 is 16.4 Å². The highest BCUT2D eigenvalue weighted by atomic mass is 79.9. The Morgan fingerprint density at radius 2 is 1.68 bits per heavy atom. The summed E-state index contributed by atoms with van der Waals surface area (Å²) in [4.78, 5) is 58.9. The normalized spacial score (nSPS) is 19.0. The highest BCUT2D eigenvalue weighted by Crippen LogP contribution is 2.30. The lowest BCUT2D eigenvalue weighted by Crippen LogP contribution is -2.55. The third-order valence-corrected chi connectivity index (χ3v) is 9.99. The second-order valence-electron chi connectivity index (χ2n) is 11.7. The number of fused-ring (bicyclic) bond motifs is 1. The summed E-state index contributed by atoms with van der Waals surface area (Å²) in [5.74, 6) is -0.668. The number of halogens is 2. The molecule has 44 heavy (non-hydrogen) atoms. The molecule has 3 heterocycles. The number of rotatable bonds is 7. The Bertz CT molecular complexity index is 1380. The van der Waals surface area contributed by atoms with E-state index in [4.69, 9.17) is 10.5 Å². The van der Waals surface area contributed by atoms with Gasteiger partial charge < -0.3 is 35.8 Å². The quantitative estimate of drug-likeness (QED) is 0.279. The van der Waals surface area contributed by atoms with Crippen LogP contribution in [-0.4, -0.2) is 96.5 Å². The predicted octanol–water partition coefficient (Wildman–Crippen LogP) is 4.64. The minimum atomic E-state index is -1.11. The number of ketones is 1. The minimum absolute atomic E-state index is 0.0275. The van der Waals surface area contributed by atoms with E-state index >= 15 is 0 Å². The van der Waals surface area contributed by atoms with Crippen LogP contribution in [-0.2, 0) is 16.0 Å². The SMILES string of the molecule is CN1CCC(OC(=O)N[C@H](CC(=O)c2cc(Br)c(N)c(Br)c2)C(=O)N2CCC(N3CCc4ccccc4NC3=O)CC2)CC1. The fourth-order valence-electron chi connectivity index (χ4n) is 6.04. The first-order valence-electron chi connectivity index (χ1n) is 15.0. The van der Waals surface area contributed by atoms with Crippen LogP contribution in [0.4, 0.5) is 21.0 Å². The van der Waals surface area contributed by atoms with E-state index in [0.717, 1.165) is 30.8 Å². The fraction of sp³-hybridized carbons (Fsp3) is 0.484. The Balaban J connectivity index is 1.24. The monoisotopic (exact) mass is 732 g/mol. The molecule has 2 aromatic rings. The van der Waals surface area contributed by atoms with Crippen LogP contribution in [0.25, 0.3) is 0 Å². The first-order chi connectivity index (χ1) is 21.1. The van der Waals surface area contributed by atoms with Gasteiger partial charge in [0.2, 0.25) is 5.91 Å². The molecule has 11 nitrogen and oxygen atoms in total. The average Bonchev–Trinajstić information content (AvgIpc) is 3.18. The number of likely N-dealkylation sites (tertiary alicyclic amines) is 2. The molecule has 4 N–H and O–H groups in total. The van der Waals surface area contributed by atoms with Gasteiger partial charge in [0.1, 0.15) is 12.1 Å². The van der Waals surface area contributed by atoms with Gasteiger partial charge in [-0.2, -0.15) is 0 Å². The van der Waals surface area contributed by atoms with E-state index in [1.54, 1.807) is 17.0 Å². The van der Waals surface area contributed by atoms with E-state index in [1.165, 1.54) is 0 Å². The molecule has 0 radical (unpaired) electrons. The van der Waals surface area contributed by atoms with E-state index in [1.807, 2.05) is 36.2 Å². The van der Waals surface area contributed by atoms with Crippen molar-refractivity contribution in [2.75, 3.05) is 50.8 Å². The molecular weight excluding hydrogens is 696 g/mol. The number of anilines is 2. The first kappa shape index (κ1) is 32.2. The van der Waals surface area contributed by atoms with Gasteiger partial charge in [0.05, 0.1) is 5.69 Å². The molecule has 0 spiro atoms. The van der Waals surface area contributed by atoms with Crippen LogP contribution in [0.5, 0.6) is 0 Å². The van der Waals surface area contributed by atoms with Crippen LogP contribution in [0.2, 0.25) is 0 Å². The zero-order valence-electron chi connectivity index (χ0n) is 24.7. The van der Waals surface area contributed by atoms with Crippen molar-refractivity contribution < 1.29 is 23.9 Å². The minimum Gasteiger partial charge on any atom is -0.446 e. The number of Topliss-reactive ketones (excluding diaryl/α,β-unsaturated/α-hetero) is 1. The van der Waals surface area contributed by atoms with Crippen LogP contribution in [0.3, 0.4) is 0 Å². The van der Waals surface area contributed by atoms with Crippen molar-refractivity contribution >= 4 is 67.0 Å². The predicted molar refractivity (Wildman–Crippen MR) is 175 cm³/mol. The molecule has 0 aromatic heterocycles. The molecule has 5 rings (SSSR count). The van der Waals surface area contributed by atoms with Crippen molar-refractivity contribution in [1.82, 2.24) is 20.0 Å². The summed E-state index contributed by atoms with van der Waals surface area (Å²) in [5.41, 5.74) is 8.74. The molecule has 236 valence electrons. The average molecular weight is 734 g/mol. The maximum absolute atomic E-state index is 13.8. The number of ether oxygens (including phenoxy) is 1. The fourth-order valence-corrected chi connectivity index (χ4v) is 7.22. The number of nitrogens with one attached hydrogen (secondary N) is 2. The molecule has 0 bridgehead atoms. The summed E-state index contributed by atoms with van der Waals surface area (Å²) < 4.78 is 6.76. The van der Waals surface area contributed by atoms with Gasteiger partial charge in [-0.3, -0.25) is 9.59 Å². The largest absolute Gasteiger partial charge is 0.446 e. The Morgan fingerprint density at radius 1 is 1.02 bits per heavy atom. The molecule has 4 amide bonds. The number of carbonyl (C=O) groups excluding carboxylic acids is 4. The molecule has 0 saturated carbocycles.